The number of fused-ring (bicyclic) bond motifs is 1. The maximum atomic E-state index is 12.5. The molecule has 6 nitrogen and oxygen atoms in total. The molecule has 0 aromatic carbocycles. The van der Waals surface area contributed by atoms with E-state index in [2.05, 4.69) is 10.2 Å². The molecule has 0 saturated carbocycles. The number of nitrogens with zero attached hydrogens (tertiary/aromatic N) is 1. The Morgan fingerprint density at radius 1 is 1.22 bits per heavy atom. The van der Waals surface area contributed by atoms with Crippen molar-refractivity contribution in [3.05, 3.63) is 16.0 Å². The molecular formula is C20H29N3O3S. The first-order valence-corrected chi connectivity index (χ1v) is 10.9. The van der Waals surface area contributed by atoms with Crippen LogP contribution in [0.3, 0.4) is 0 Å². The number of thiophene rings is 1. The minimum absolute atomic E-state index is 0.0306. The van der Waals surface area contributed by atoms with E-state index in [4.69, 9.17) is 10.5 Å². The number of primary amides is 1. The Balaban J connectivity index is 1.34. The van der Waals surface area contributed by atoms with E-state index in [1.807, 2.05) is 0 Å². The number of likely N-dealkylation sites (tertiary alicyclic amines) is 1. The van der Waals surface area contributed by atoms with Crippen LogP contribution in [0.4, 0.5) is 5.00 Å². The summed E-state index contributed by atoms with van der Waals surface area (Å²) in [6, 6.07) is 0. The van der Waals surface area contributed by atoms with Gasteiger partial charge in [-0.05, 0) is 57.1 Å². The zero-order valence-corrected chi connectivity index (χ0v) is 16.7. The van der Waals surface area contributed by atoms with Crippen LogP contribution in [-0.4, -0.2) is 49.6 Å². The van der Waals surface area contributed by atoms with Crippen LogP contribution in [0.25, 0.3) is 0 Å². The highest BCUT2D eigenvalue weighted by Crippen LogP contribution is 2.39. The molecule has 3 N–H and O–H groups in total. The molecule has 0 bridgehead atoms. The monoisotopic (exact) mass is 391 g/mol. The van der Waals surface area contributed by atoms with Crippen molar-refractivity contribution in [2.45, 2.75) is 51.4 Å². The van der Waals surface area contributed by atoms with Crippen LogP contribution in [0.1, 0.15) is 59.3 Å². The fraction of sp³-hybridized carbons (Fsp3) is 0.700. The van der Waals surface area contributed by atoms with Crippen molar-refractivity contribution in [1.82, 2.24) is 4.90 Å². The summed E-state index contributed by atoms with van der Waals surface area (Å²) < 4.78 is 5.69. The van der Waals surface area contributed by atoms with Gasteiger partial charge in [0.05, 0.1) is 12.2 Å². The van der Waals surface area contributed by atoms with Gasteiger partial charge in [-0.1, -0.05) is 0 Å². The third-order valence-corrected chi connectivity index (χ3v) is 7.45. The molecule has 1 aromatic heterocycles. The molecule has 0 radical (unpaired) electrons. The average molecular weight is 392 g/mol. The molecule has 4 rings (SSSR count). The fourth-order valence-electron chi connectivity index (χ4n) is 4.81. The predicted molar refractivity (Wildman–Crippen MR) is 106 cm³/mol. The van der Waals surface area contributed by atoms with Crippen molar-refractivity contribution in [2.75, 3.05) is 38.2 Å². The van der Waals surface area contributed by atoms with Crippen LogP contribution in [0.2, 0.25) is 0 Å². The molecule has 1 unspecified atom stereocenters. The number of carbonyl (C=O) groups is 2. The molecule has 2 saturated heterocycles. The Bertz CT molecular complexity index is 724. The summed E-state index contributed by atoms with van der Waals surface area (Å²) in [5.41, 5.74) is 7.52. The van der Waals surface area contributed by atoms with Crippen molar-refractivity contribution in [3.63, 3.8) is 0 Å². The number of amides is 2. The zero-order valence-electron chi connectivity index (χ0n) is 15.8. The molecule has 2 aliphatic heterocycles. The van der Waals surface area contributed by atoms with Crippen LogP contribution in [0.15, 0.2) is 0 Å². The molecular weight excluding hydrogens is 362 g/mol. The van der Waals surface area contributed by atoms with E-state index in [0.717, 1.165) is 76.9 Å². The Kier molecular flexibility index (Phi) is 5.53. The maximum absolute atomic E-state index is 12.5. The quantitative estimate of drug-likeness (QED) is 0.808. The van der Waals surface area contributed by atoms with Crippen molar-refractivity contribution in [3.8, 4) is 0 Å². The average Bonchev–Trinajstić information content (AvgIpc) is 3.21. The largest absolute Gasteiger partial charge is 0.381 e. The fourth-order valence-corrected chi connectivity index (χ4v) is 6.12. The van der Waals surface area contributed by atoms with E-state index in [9.17, 15) is 9.59 Å². The maximum Gasteiger partial charge on any atom is 0.251 e. The van der Waals surface area contributed by atoms with Gasteiger partial charge < -0.3 is 20.7 Å². The summed E-state index contributed by atoms with van der Waals surface area (Å²) in [5, 5.41) is 3.62. The van der Waals surface area contributed by atoms with Gasteiger partial charge in [-0.15, -0.1) is 11.3 Å². The highest BCUT2D eigenvalue weighted by atomic mass is 32.1. The predicted octanol–water partition coefficient (Wildman–Crippen LogP) is 2.56. The number of ether oxygens (including phenoxy) is 1. The summed E-state index contributed by atoms with van der Waals surface area (Å²) >= 11 is 1.53. The Hall–Kier alpha value is -1.44. The number of carbonyl (C=O) groups excluding carboxylic acids is 2. The SMILES string of the molecule is NC(=O)c1c(NC(=O)CCN2CCC3(CCCOC3)C2)sc2c1CCCC2. The summed E-state index contributed by atoms with van der Waals surface area (Å²) in [6.07, 6.45) is 8.07. The van der Waals surface area contributed by atoms with E-state index in [0.29, 0.717) is 22.4 Å². The second kappa shape index (κ2) is 7.89. The molecule has 1 atom stereocenters. The zero-order chi connectivity index (χ0) is 18.9. The number of nitrogens with one attached hydrogen (secondary N) is 1. The summed E-state index contributed by atoms with van der Waals surface area (Å²) in [6.45, 7) is 4.57. The first-order chi connectivity index (χ1) is 13.1. The molecule has 1 aliphatic carbocycles. The van der Waals surface area contributed by atoms with Crippen molar-refractivity contribution < 1.29 is 14.3 Å². The first-order valence-electron chi connectivity index (χ1n) is 10.1. The first kappa shape index (κ1) is 18.9. The van der Waals surface area contributed by atoms with Crippen molar-refractivity contribution >= 4 is 28.2 Å². The Morgan fingerprint density at radius 2 is 2.07 bits per heavy atom. The van der Waals surface area contributed by atoms with E-state index in [-0.39, 0.29) is 5.91 Å². The summed E-state index contributed by atoms with van der Waals surface area (Å²) in [4.78, 5) is 28.0. The Labute approximate surface area is 164 Å². The molecule has 1 aromatic rings. The number of hydrogen-bond acceptors (Lipinski definition) is 5. The van der Waals surface area contributed by atoms with E-state index in [1.165, 1.54) is 22.6 Å². The molecule has 7 heteroatoms. The van der Waals surface area contributed by atoms with E-state index >= 15 is 0 Å². The number of anilines is 1. The number of rotatable bonds is 5. The van der Waals surface area contributed by atoms with E-state index < -0.39 is 5.91 Å². The highest BCUT2D eigenvalue weighted by molar-refractivity contribution is 7.17. The molecule has 27 heavy (non-hydrogen) atoms. The second-order valence-electron chi connectivity index (χ2n) is 8.26. The number of aryl methyl sites for hydroxylation is 1. The minimum atomic E-state index is -0.427. The number of nitrogens with two attached hydrogens (primary N) is 1. The molecule has 148 valence electrons. The van der Waals surface area contributed by atoms with Gasteiger partial charge in [0.15, 0.2) is 0 Å². The standard InChI is InChI=1S/C20H29N3O3S/c21-18(25)17-14-4-1-2-5-15(14)27-19(17)22-16(24)6-9-23-10-8-20(12-23)7-3-11-26-13-20/h1-13H2,(H2,21,25)(H,22,24). The van der Waals surface area contributed by atoms with Crippen molar-refractivity contribution in [2.24, 2.45) is 11.1 Å². The van der Waals surface area contributed by atoms with Crippen LogP contribution in [0, 0.1) is 5.41 Å². The van der Waals surface area contributed by atoms with Gasteiger partial charge in [0, 0.05) is 36.4 Å². The van der Waals surface area contributed by atoms with Crippen molar-refractivity contribution in [1.29, 1.82) is 0 Å². The molecule has 2 amide bonds. The lowest BCUT2D eigenvalue weighted by molar-refractivity contribution is -0.116. The molecule has 2 fully saturated rings. The number of hydrogen-bond donors (Lipinski definition) is 2. The lowest BCUT2D eigenvalue weighted by atomic mass is 9.82. The Morgan fingerprint density at radius 3 is 2.85 bits per heavy atom. The normalized spacial score (nSPS) is 25.5. The summed E-state index contributed by atoms with van der Waals surface area (Å²) in [7, 11) is 0. The van der Waals surface area contributed by atoms with Gasteiger partial charge in [-0.2, -0.15) is 0 Å². The topological polar surface area (TPSA) is 84.7 Å². The van der Waals surface area contributed by atoms with Gasteiger partial charge in [0.2, 0.25) is 5.91 Å². The third kappa shape index (κ3) is 4.05. The lowest BCUT2D eigenvalue weighted by Gasteiger charge is -2.33. The van der Waals surface area contributed by atoms with Gasteiger partial charge in [-0.3, -0.25) is 9.59 Å². The molecule has 1 spiro atoms. The van der Waals surface area contributed by atoms with Gasteiger partial charge in [-0.25, -0.2) is 0 Å². The summed E-state index contributed by atoms with van der Waals surface area (Å²) in [5.74, 6) is -0.458. The highest BCUT2D eigenvalue weighted by Gasteiger charge is 2.39. The van der Waals surface area contributed by atoms with Gasteiger partial charge >= 0.3 is 0 Å². The van der Waals surface area contributed by atoms with Crippen LogP contribution in [-0.2, 0) is 22.4 Å². The van der Waals surface area contributed by atoms with Crippen LogP contribution < -0.4 is 11.1 Å². The van der Waals surface area contributed by atoms with Crippen LogP contribution in [0.5, 0.6) is 0 Å². The van der Waals surface area contributed by atoms with Gasteiger partial charge in [0.1, 0.15) is 5.00 Å². The van der Waals surface area contributed by atoms with Gasteiger partial charge in [0.25, 0.3) is 5.91 Å². The van der Waals surface area contributed by atoms with E-state index in [1.54, 1.807) is 0 Å². The lowest BCUT2D eigenvalue weighted by Crippen LogP contribution is -2.35. The minimum Gasteiger partial charge on any atom is -0.381 e. The second-order valence-corrected chi connectivity index (χ2v) is 9.36. The van der Waals surface area contributed by atoms with Crippen LogP contribution >= 0.6 is 11.3 Å². The third-order valence-electron chi connectivity index (χ3n) is 6.25. The smallest absolute Gasteiger partial charge is 0.251 e. The molecule has 3 heterocycles. The molecule has 3 aliphatic rings.